The van der Waals surface area contributed by atoms with E-state index >= 15 is 0 Å². The SMILES string of the molecule is CC(N)c1ncnn1-c1ncc(F)cn1. The van der Waals surface area contributed by atoms with Gasteiger partial charge in [0.1, 0.15) is 6.33 Å². The first-order valence-electron chi connectivity index (χ1n) is 4.32. The van der Waals surface area contributed by atoms with E-state index in [1.54, 1.807) is 6.92 Å². The third-order valence-electron chi connectivity index (χ3n) is 1.78. The molecule has 0 aliphatic heterocycles. The van der Waals surface area contributed by atoms with Gasteiger partial charge in [0.2, 0.25) is 0 Å². The van der Waals surface area contributed by atoms with Crippen molar-refractivity contribution in [2.45, 2.75) is 13.0 Å². The van der Waals surface area contributed by atoms with Crippen molar-refractivity contribution in [1.29, 1.82) is 0 Å². The van der Waals surface area contributed by atoms with Gasteiger partial charge in [-0.25, -0.2) is 19.3 Å². The third-order valence-corrected chi connectivity index (χ3v) is 1.78. The van der Waals surface area contributed by atoms with E-state index in [0.29, 0.717) is 5.82 Å². The van der Waals surface area contributed by atoms with Crippen LogP contribution >= 0.6 is 0 Å². The van der Waals surface area contributed by atoms with Gasteiger partial charge in [-0.05, 0) is 6.92 Å². The summed E-state index contributed by atoms with van der Waals surface area (Å²) in [5.41, 5.74) is 5.67. The monoisotopic (exact) mass is 208 g/mol. The van der Waals surface area contributed by atoms with Gasteiger partial charge in [-0.1, -0.05) is 0 Å². The lowest BCUT2D eigenvalue weighted by atomic mass is 10.3. The predicted molar refractivity (Wildman–Crippen MR) is 49.5 cm³/mol. The average Bonchev–Trinajstić information content (AvgIpc) is 2.67. The van der Waals surface area contributed by atoms with Crippen molar-refractivity contribution in [2.24, 2.45) is 5.73 Å². The average molecular weight is 208 g/mol. The largest absolute Gasteiger partial charge is 0.322 e. The summed E-state index contributed by atoms with van der Waals surface area (Å²) in [7, 11) is 0. The molecule has 0 fully saturated rings. The first kappa shape index (κ1) is 9.66. The van der Waals surface area contributed by atoms with Crippen LogP contribution < -0.4 is 5.73 Å². The van der Waals surface area contributed by atoms with Crippen LogP contribution in [-0.4, -0.2) is 24.7 Å². The van der Waals surface area contributed by atoms with E-state index in [2.05, 4.69) is 20.1 Å². The molecule has 0 aromatic carbocycles. The van der Waals surface area contributed by atoms with Crippen LogP contribution in [0.1, 0.15) is 18.8 Å². The maximum absolute atomic E-state index is 12.6. The maximum atomic E-state index is 12.6. The molecule has 0 radical (unpaired) electrons. The third kappa shape index (κ3) is 1.82. The highest BCUT2D eigenvalue weighted by Crippen LogP contribution is 2.08. The summed E-state index contributed by atoms with van der Waals surface area (Å²) in [4.78, 5) is 11.5. The Morgan fingerprint density at radius 3 is 2.60 bits per heavy atom. The van der Waals surface area contributed by atoms with E-state index in [0.717, 1.165) is 12.4 Å². The highest BCUT2D eigenvalue weighted by molar-refractivity contribution is 5.12. The number of hydrogen-bond acceptors (Lipinski definition) is 5. The fourth-order valence-electron chi connectivity index (χ4n) is 1.13. The second-order valence-electron chi connectivity index (χ2n) is 3.02. The molecule has 7 heteroatoms. The molecular weight excluding hydrogens is 199 g/mol. The van der Waals surface area contributed by atoms with Crippen molar-refractivity contribution >= 4 is 0 Å². The molecular formula is C8H9FN6. The van der Waals surface area contributed by atoms with Gasteiger partial charge in [0.15, 0.2) is 11.6 Å². The summed E-state index contributed by atoms with van der Waals surface area (Å²) < 4.78 is 14.0. The minimum absolute atomic E-state index is 0.251. The molecule has 2 heterocycles. The van der Waals surface area contributed by atoms with Crippen molar-refractivity contribution in [3.63, 3.8) is 0 Å². The second kappa shape index (κ2) is 3.70. The Bertz CT molecular complexity index is 448. The number of nitrogens with two attached hydrogens (primary N) is 1. The number of hydrogen-bond donors (Lipinski definition) is 1. The molecule has 1 atom stereocenters. The van der Waals surface area contributed by atoms with Crippen molar-refractivity contribution in [2.75, 3.05) is 0 Å². The molecule has 78 valence electrons. The minimum atomic E-state index is -0.499. The Morgan fingerprint density at radius 1 is 1.33 bits per heavy atom. The van der Waals surface area contributed by atoms with Crippen molar-refractivity contribution in [1.82, 2.24) is 24.7 Å². The van der Waals surface area contributed by atoms with Crippen molar-refractivity contribution in [3.05, 3.63) is 30.4 Å². The van der Waals surface area contributed by atoms with E-state index < -0.39 is 5.82 Å². The van der Waals surface area contributed by atoms with Gasteiger partial charge in [0.05, 0.1) is 18.4 Å². The van der Waals surface area contributed by atoms with Gasteiger partial charge >= 0.3 is 0 Å². The minimum Gasteiger partial charge on any atom is -0.322 e. The van der Waals surface area contributed by atoms with Gasteiger partial charge in [-0.3, -0.25) is 0 Å². The summed E-state index contributed by atoms with van der Waals surface area (Å²) in [5, 5.41) is 3.92. The lowest BCUT2D eigenvalue weighted by molar-refractivity contribution is 0.603. The van der Waals surface area contributed by atoms with E-state index in [1.165, 1.54) is 11.0 Å². The summed E-state index contributed by atoms with van der Waals surface area (Å²) in [6, 6.07) is -0.291. The maximum Gasteiger partial charge on any atom is 0.252 e. The van der Waals surface area contributed by atoms with Crippen LogP contribution in [0.15, 0.2) is 18.7 Å². The molecule has 0 aliphatic rings. The fraction of sp³-hybridized carbons (Fsp3) is 0.250. The first-order chi connectivity index (χ1) is 7.18. The Labute approximate surface area is 85.0 Å². The molecule has 0 saturated heterocycles. The molecule has 2 aromatic rings. The molecule has 2 rings (SSSR count). The zero-order valence-corrected chi connectivity index (χ0v) is 8.00. The van der Waals surface area contributed by atoms with Gasteiger partial charge in [0, 0.05) is 0 Å². The normalized spacial score (nSPS) is 12.7. The molecule has 0 amide bonds. The number of rotatable bonds is 2. The molecule has 0 spiro atoms. The zero-order valence-electron chi connectivity index (χ0n) is 8.00. The smallest absolute Gasteiger partial charge is 0.252 e. The molecule has 15 heavy (non-hydrogen) atoms. The first-order valence-corrected chi connectivity index (χ1v) is 4.32. The second-order valence-corrected chi connectivity index (χ2v) is 3.02. The molecule has 2 N–H and O–H groups in total. The molecule has 0 aliphatic carbocycles. The van der Waals surface area contributed by atoms with E-state index in [9.17, 15) is 4.39 Å². The summed E-state index contributed by atoms with van der Waals surface area (Å²) in [6.45, 7) is 1.77. The van der Waals surface area contributed by atoms with Crippen LogP contribution in [0.2, 0.25) is 0 Å². The highest BCUT2D eigenvalue weighted by atomic mass is 19.1. The van der Waals surface area contributed by atoms with Crippen LogP contribution in [0.4, 0.5) is 4.39 Å². The number of halogens is 1. The van der Waals surface area contributed by atoms with Crippen LogP contribution in [0.3, 0.4) is 0 Å². The lowest BCUT2D eigenvalue weighted by Gasteiger charge is -2.05. The van der Waals surface area contributed by atoms with Gasteiger partial charge < -0.3 is 5.73 Å². The molecule has 2 aromatic heterocycles. The van der Waals surface area contributed by atoms with Crippen LogP contribution in [-0.2, 0) is 0 Å². The van der Waals surface area contributed by atoms with E-state index in [4.69, 9.17) is 5.73 Å². The van der Waals surface area contributed by atoms with Gasteiger partial charge in [-0.2, -0.15) is 9.78 Å². The molecule has 1 unspecified atom stereocenters. The zero-order chi connectivity index (χ0) is 10.8. The summed E-state index contributed by atoms with van der Waals surface area (Å²) in [5.74, 6) is 0.282. The Morgan fingerprint density at radius 2 is 2.00 bits per heavy atom. The molecule has 0 saturated carbocycles. The summed E-state index contributed by atoms with van der Waals surface area (Å²) in [6.07, 6.45) is 3.48. The topological polar surface area (TPSA) is 82.5 Å². The Hall–Kier alpha value is -1.89. The van der Waals surface area contributed by atoms with E-state index in [1.807, 2.05) is 0 Å². The summed E-state index contributed by atoms with van der Waals surface area (Å²) >= 11 is 0. The number of nitrogens with zero attached hydrogens (tertiary/aromatic N) is 5. The Balaban J connectivity index is 2.45. The Kier molecular flexibility index (Phi) is 2.38. The van der Waals surface area contributed by atoms with Gasteiger partial charge in [0.25, 0.3) is 5.95 Å². The molecule has 0 bridgehead atoms. The van der Waals surface area contributed by atoms with Gasteiger partial charge in [-0.15, -0.1) is 0 Å². The van der Waals surface area contributed by atoms with Crippen molar-refractivity contribution < 1.29 is 4.39 Å². The van der Waals surface area contributed by atoms with E-state index in [-0.39, 0.29) is 12.0 Å². The fourth-order valence-corrected chi connectivity index (χ4v) is 1.13. The van der Waals surface area contributed by atoms with Crippen LogP contribution in [0.5, 0.6) is 0 Å². The van der Waals surface area contributed by atoms with Crippen molar-refractivity contribution in [3.8, 4) is 5.95 Å². The highest BCUT2D eigenvalue weighted by Gasteiger charge is 2.12. The van der Waals surface area contributed by atoms with Crippen LogP contribution in [0, 0.1) is 5.82 Å². The quantitative estimate of drug-likeness (QED) is 0.763. The lowest BCUT2D eigenvalue weighted by Crippen LogP contribution is -2.15. The number of aromatic nitrogens is 5. The predicted octanol–water partition coefficient (Wildman–Crippen LogP) is 0.216. The standard InChI is InChI=1S/C8H9FN6/c1-5(10)7-13-4-14-15(7)8-11-2-6(9)3-12-8/h2-5H,10H2,1H3. The molecule has 6 nitrogen and oxygen atoms in total. The van der Waals surface area contributed by atoms with Crippen LogP contribution in [0.25, 0.3) is 5.95 Å².